The maximum absolute atomic E-state index is 12.8. The van der Waals surface area contributed by atoms with Crippen molar-refractivity contribution in [2.24, 2.45) is 0 Å². The molecule has 1 aromatic heterocycles. The normalized spacial score (nSPS) is 12.1. The van der Waals surface area contributed by atoms with Gasteiger partial charge < -0.3 is 5.32 Å². The molecule has 128 valence electrons. The van der Waals surface area contributed by atoms with Gasteiger partial charge in [-0.25, -0.2) is 0 Å². The first-order valence-corrected chi connectivity index (χ1v) is 8.49. The van der Waals surface area contributed by atoms with Crippen LogP contribution >= 0.6 is 0 Å². The summed E-state index contributed by atoms with van der Waals surface area (Å²) in [5.41, 5.74) is 3.43. The maximum Gasteiger partial charge on any atom is 0.252 e. The molecule has 1 heterocycles. The predicted octanol–water partition coefficient (Wildman–Crippen LogP) is 4.21. The van der Waals surface area contributed by atoms with Crippen LogP contribution in [0.25, 0.3) is 10.9 Å². The number of aromatic nitrogens is 1. The summed E-state index contributed by atoms with van der Waals surface area (Å²) >= 11 is 0. The molecule has 0 aliphatic heterocycles. The predicted molar refractivity (Wildman–Crippen MR) is 102 cm³/mol. The molecule has 3 aromatic rings. The number of benzene rings is 2. The molecule has 0 saturated heterocycles. The molecule has 1 N–H and O–H groups in total. The van der Waals surface area contributed by atoms with Crippen molar-refractivity contribution < 1.29 is 4.79 Å². The van der Waals surface area contributed by atoms with E-state index in [1.807, 2.05) is 69.3 Å². The van der Waals surface area contributed by atoms with Crippen molar-refractivity contribution in [2.75, 3.05) is 5.32 Å². The third kappa shape index (κ3) is 3.33. The minimum atomic E-state index is -0.556. The van der Waals surface area contributed by atoms with Crippen molar-refractivity contribution in [2.45, 2.75) is 33.2 Å². The Morgan fingerprint density at radius 3 is 2.44 bits per heavy atom. The Hall–Kier alpha value is -2.88. The van der Waals surface area contributed by atoms with Crippen LogP contribution in [0.5, 0.6) is 0 Å². The molecule has 0 aliphatic carbocycles. The van der Waals surface area contributed by atoms with Crippen LogP contribution in [0.2, 0.25) is 0 Å². The van der Waals surface area contributed by atoms with Gasteiger partial charge in [0.1, 0.15) is 6.04 Å². The molecule has 3 rings (SSSR count). The second-order valence-corrected chi connectivity index (χ2v) is 6.33. The van der Waals surface area contributed by atoms with Crippen LogP contribution in [0.4, 0.5) is 5.69 Å². The number of pyridine rings is 1. The summed E-state index contributed by atoms with van der Waals surface area (Å²) in [7, 11) is 0. The standard InChI is InChI=1S/C21H22N2O2/c1-4-18(21(25)22-16-11-9-14(2)10-12-16)23-19-8-6-5-7-17(19)15(3)13-20(23)24/h5-13,18H,4H2,1-3H3,(H,22,25). The van der Waals surface area contributed by atoms with Crippen molar-refractivity contribution in [3.8, 4) is 0 Å². The van der Waals surface area contributed by atoms with Gasteiger partial charge in [0, 0.05) is 17.1 Å². The van der Waals surface area contributed by atoms with Gasteiger partial charge in [-0.05, 0) is 44.0 Å². The number of nitrogens with one attached hydrogen (secondary N) is 1. The molecule has 1 amide bonds. The zero-order chi connectivity index (χ0) is 18.0. The monoisotopic (exact) mass is 334 g/mol. The van der Waals surface area contributed by atoms with E-state index in [0.29, 0.717) is 6.42 Å². The van der Waals surface area contributed by atoms with Gasteiger partial charge in [0.05, 0.1) is 5.52 Å². The molecule has 1 unspecified atom stereocenters. The van der Waals surface area contributed by atoms with Crippen molar-refractivity contribution >= 4 is 22.5 Å². The number of rotatable bonds is 4. The summed E-state index contributed by atoms with van der Waals surface area (Å²) in [6, 6.07) is 16.4. The van der Waals surface area contributed by atoms with Gasteiger partial charge in [0.15, 0.2) is 0 Å². The fraction of sp³-hybridized carbons (Fsp3) is 0.238. The topological polar surface area (TPSA) is 51.1 Å². The number of carbonyl (C=O) groups is 1. The smallest absolute Gasteiger partial charge is 0.252 e. The lowest BCUT2D eigenvalue weighted by Gasteiger charge is -2.21. The lowest BCUT2D eigenvalue weighted by Crippen LogP contribution is -2.33. The number of anilines is 1. The second-order valence-electron chi connectivity index (χ2n) is 6.33. The van der Waals surface area contributed by atoms with Crippen molar-refractivity contribution in [1.82, 2.24) is 4.57 Å². The number of hydrogen-bond acceptors (Lipinski definition) is 2. The van der Waals surface area contributed by atoms with E-state index in [4.69, 9.17) is 0 Å². The number of aryl methyl sites for hydroxylation is 2. The average Bonchev–Trinajstić information content (AvgIpc) is 2.60. The molecular formula is C21H22N2O2. The molecule has 0 radical (unpaired) electrons. The van der Waals surface area contributed by atoms with E-state index < -0.39 is 6.04 Å². The zero-order valence-electron chi connectivity index (χ0n) is 14.7. The lowest BCUT2D eigenvalue weighted by molar-refractivity contribution is -0.119. The van der Waals surface area contributed by atoms with E-state index in [1.165, 1.54) is 0 Å². The fourth-order valence-electron chi connectivity index (χ4n) is 3.14. The summed E-state index contributed by atoms with van der Waals surface area (Å²) in [5.74, 6) is -0.178. The third-order valence-corrected chi connectivity index (χ3v) is 4.49. The summed E-state index contributed by atoms with van der Waals surface area (Å²) < 4.78 is 1.60. The van der Waals surface area contributed by atoms with E-state index in [0.717, 1.165) is 27.7 Å². The van der Waals surface area contributed by atoms with E-state index >= 15 is 0 Å². The summed E-state index contributed by atoms with van der Waals surface area (Å²) in [4.78, 5) is 25.5. The first-order valence-electron chi connectivity index (χ1n) is 8.49. The van der Waals surface area contributed by atoms with E-state index in [9.17, 15) is 9.59 Å². The Morgan fingerprint density at radius 1 is 1.08 bits per heavy atom. The first kappa shape index (κ1) is 17.0. The van der Waals surface area contributed by atoms with Crippen LogP contribution in [0.15, 0.2) is 59.4 Å². The van der Waals surface area contributed by atoms with Crippen LogP contribution in [-0.2, 0) is 4.79 Å². The number of para-hydroxylation sites is 1. The number of fused-ring (bicyclic) bond motifs is 1. The largest absolute Gasteiger partial charge is 0.324 e. The Morgan fingerprint density at radius 2 is 1.76 bits per heavy atom. The van der Waals surface area contributed by atoms with E-state index in [2.05, 4.69) is 5.32 Å². The number of hydrogen-bond donors (Lipinski definition) is 1. The van der Waals surface area contributed by atoms with Crippen LogP contribution in [0, 0.1) is 13.8 Å². The van der Waals surface area contributed by atoms with Crippen LogP contribution in [0.1, 0.15) is 30.5 Å². The summed E-state index contributed by atoms with van der Waals surface area (Å²) in [6.45, 7) is 5.83. The van der Waals surface area contributed by atoms with Crippen molar-refractivity contribution in [3.05, 3.63) is 76.1 Å². The van der Waals surface area contributed by atoms with Gasteiger partial charge in [-0.2, -0.15) is 0 Å². The van der Waals surface area contributed by atoms with Gasteiger partial charge in [-0.1, -0.05) is 42.8 Å². The summed E-state index contributed by atoms with van der Waals surface area (Å²) in [5, 5.41) is 3.92. The van der Waals surface area contributed by atoms with Crippen molar-refractivity contribution in [3.63, 3.8) is 0 Å². The van der Waals surface area contributed by atoms with Gasteiger partial charge in [-0.15, -0.1) is 0 Å². The Balaban J connectivity index is 2.03. The lowest BCUT2D eigenvalue weighted by atomic mass is 10.1. The minimum Gasteiger partial charge on any atom is -0.324 e. The molecule has 0 fully saturated rings. The Bertz CT molecular complexity index is 971. The van der Waals surface area contributed by atoms with E-state index in [-0.39, 0.29) is 11.5 Å². The molecule has 0 bridgehead atoms. The highest BCUT2D eigenvalue weighted by Gasteiger charge is 2.22. The van der Waals surface area contributed by atoms with Crippen LogP contribution < -0.4 is 10.9 Å². The highest BCUT2D eigenvalue weighted by Crippen LogP contribution is 2.22. The molecule has 4 nitrogen and oxygen atoms in total. The van der Waals surface area contributed by atoms with Gasteiger partial charge >= 0.3 is 0 Å². The SMILES string of the molecule is CCC(C(=O)Nc1ccc(C)cc1)n1c(=O)cc(C)c2ccccc21. The van der Waals surface area contributed by atoms with Gasteiger partial charge in [0.25, 0.3) is 5.56 Å². The minimum absolute atomic E-state index is 0.151. The molecule has 1 atom stereocenters. The highest BCUT2D eigenvalue weighted by atomic mass is 16.2. The quantitative estimate of drug-likeness (QED) is 0.777. The van der Waals surface area contributed by atoms with Gasteiger partial charge in [0.2, 0.25) is 5.91 Å². The fourth-order valence-corrected chi connectivity index (χ4v) is 3.14. The molecular weight excluding hydrogens is 312 g/mol. The highest BCUT2D eigenvalue weighted by molar-refractivity contribution is 5.95. The van der Waals surface area contributed by atoms with Crippen molar-refractivity contribution in [1.29, 1.82) is 0 Å². The molecule has 0 saturated carbocycles. The molecule has 0 aliphatic rings. The Kier molecular flexibility index (Phi) is 4.70. The zero-order valence-corrected chi connectivity index (χ0v) is 14.7. The Labute approximate surface area is 147 Å². The second kappa shape index (κ2) is 6.93. The first-order chi connectivity index (χ1) is 12.0. The van der Waals surface area contributed by atoms with Gasteiger partial charge in [-0.3, -0.25) is 14.2 Å². The molecule has 25 heavy (non-hydrogen) atoms. The molecule has 2 aromatic carbocycles. The van der Waals surface area contributed by atoms with Crippen LogP contribution in [0.3, 0.4) is 0 Å². The maximum atomic E-state index is 12.8. The van der Waals surface area contributed by atoms with E-state index in [1.54, 1.807) is 10.6 Å². The number of carbonyl (C=O) groups excluding carboxylic acids is 1. The summed E-state index contributed by atoms with van der Waals surface area (Å²) in [6.07, 6.45) is 0.532. The molecule has 0 spiro atoms. The molecule has 4 heteroatoms. The third-order valence-electron chi connectivity index (χ3n) is 4.49. The average molecular weight is 334 g/mol. The number of nitrogens with zero attached hydrogens (tertiary/aromatic N) is 1. The number of amides is 1. The van der Waals surface area contributed by atoms with Crippen LogP contribution in [-0.4, -0.2) is 10.5 Å².